The van der Waals surface area contributed by atoms with Crippen molar-refractivity contribution in [3.8, 4) is 0 Å². The van der Waals surface area contributed by atoms with Crippen LogP contribution in [-0.2, 0) is 19.5 Å². The van der Waals surface area contributed by atoms with E-state index in [4.69, 9.17) is 30.3 Å². The molecule has 0 aromatic carbocycles. The maximum atomic E-state index is 8.36. The van der Waals surface area contributed by atoms with Crippen LogP contribution in [0.15, 0.2) is 0 Å². The SMILES string of the molecule is O=C([O-])[O-].O=[N+]([O-])O.[Zn+2]. The van der Waals surface area contributed by atoms with E-state index in [0.717, 1.165) is 0 Å². The van der Waals surface area contributed by atoms with Crippen molar-refractivity contribution in [2.24, 2.45) is 0 Å². The smallest absolute Gasteiger partial charge is 0.652 e. The van der Waals surface area contributed by atoms with Gasteiger partial charge in [0.25, 0.3) is 5.09 Å². The molecule has 7 nitrogen and oxygen atoms in total. The van der Waals surface area contributed by atoms with E-state index in [-0.39, 0.29) is 19.5 Å². The van der Waals surface area contributed by atoms with Gasteiger partial charge in [0.05, 0.1) is 0 Å². The van der Waals surface area contributed by atoms with Crippen LogP contribution in [0, 0.1) is 10.1 Å². The predicted octanol–water partition coefficient (Wildman–Crippen LogP) is -2.80. The van der Waals surface area contributed by atoms with E-state index >= 15 is 0 Å². The van der Waals surface area contributed by atoms with Gasteiger partial charge in [-0.3, -0.25) is 0 Å². The minimum absolute atomic E-state index is 0. The van der Waals surface area contributed by atoms with Gasteiger partial charge >= 0.3 is 19.5 Å². The van der Waals surface area contributed by atoms with Crippen molar-refractivity contribution in [2.75, 3.05) is 0 Å². The van der Waals surface area contributed by atoms with Crippen LogP contribution in [0.25, 0.3) is 0 Å². The van der Waals surface area contributed by atoms with Crippen molar-refractivity contribution in [2.45, 2.75) is 0 Å². The number of carboxylic acid groups (broad SMARTS) is 2. The summed E-state index contributed by atoms with van der Waals surface area (Å²) < 4.78 is 0. The van der Waals surface area contributed by atoms with Gasteiger partial charge in [-0.2, -0.15) is 0 Å². The quantitative estimate of drug-likeness (QED) is 0.249. The molecule has 0 unspecified atom stereocenters. The maximum Gasteiger partial charge on any atom is 2.00 e. The zero-order chi connectivity index (χ0) is 7.15. The van der Waals surface area contributed by atoms with Gasteiger partial charge in [-0.1, -0.05) is 0 Å². The average Bonchev–Trinajstić information content (AvgIpc) is 1.25. The summed E-state index contributed by atoms with van der Waals surface area (Å²) in [7, 11) is 0. The fraction of sp³-hybridized carbons (Fsp3) is 0. The molecule has 0 bridgehead atoms. The number of hydrogen-bond donors (Lipinski definition) is 1. The van der Waals surface area contributed by atoms with Gasteiger partial charge in [0.2, 0.25) is 0 Å². The molecule has 0 rings (SSSR count). The molecule has 0 aliphatic rings. The molecular weight excluding hydrogens is 187 g/mol. The van der Waals surface area contributed by atoms with Crippen LogP contribution in [0.1, 0.15) is 0 Å². The van der Waals surface area contributed by atoms with Gasteiger partial charge < -0.3 is 20.2 Å². The van der Waals surface area contributed by atoms with Crippen LogP contribution in [0.5, 0.6) is 0 Å². The summed E-state index contributed by atoms with van der Waals surface area (Å²) in [5.74, 6) is 0. The van der Waals surface area contributed by atoms with E-state index in [2.05, 4.69) is 0 Å². The molecule has 0 atom stereocenters. The molecule has 0 aliphatic heterocycles. The minimum Gasteiger partial charge on any atom is -0.652 e. The zero-order valence-corrected chi connectivity index (χ0v) is 7.11. The second-order valence-electron chi connectivity index (χ2n) is 0.488. The van der Waals surface area contributed by atoms with Gasteiger partial charge in [0, 0.05) is 0 Å². The first-order valence-electron chi connectivity index (χ1n) is 1.18. The third kappa shape index (κ3) is 224. The molecule has 0 aromatic rings. The summed E-state index contributed by atoms with van der Waals surface area (Å²) in [5, 5.41) is 30.3. The van der Waals surface area contributed by atoms with E-state index < -0.39 is 11.2 Å². The Kier molecular flexibility index (Phi) is 17.7. The third-order valence-corrected chi connectivity index (χ3v) is 0. The average molecular weight is 188 g/mol. The number of carbonyl (C=O) groups excluding carboxylic acids is 1. The molecule has 0 radical (unpaired) electrons. The van der Waals surface area contributed by atoms with Crippen molar-refractivity contribution >= 4 is 6.16 Å². The fourth-order valence-corrected chi connectivity index (χ4v) is 0. The Hall–Kier alpha value is -0.907. The topological polar surface area (TPSA) is 127 Å². The molecule has 0 saturated heterocycles. The second-order valence-corrected chi connectivity index (χ2v) is 0.488. The molecule has 0 fully saturated rings. The van der Waals surface area contributed by atoms with Crippen LogP contribution in [0.3, 0.4) is 0 Å². The van der Waals surface area contributed by atoms with E-state index in [0.29, 0.717) is 0 Å². The number of rotatable bonds is 0. The molecule has 9 heavy (non-hydrogen) atoms. The van der Waals surface area contributed by atoms with E-state index in [9.17, 15) is 0 Å². The van der Waals surface area contributed by atoms with Crippen molar-refractivity contribution in [1.29, 1.82) is 0 Å². The van der Waals surface area contributed by atoms with Crippen molar-refractivity contribution in [3.63, 3.8) is 0 Å². The Morgan fingerprint density at radius 1 is 1.44 bits per heavy atom. The Labute approximate surface area is 61.8 Å². The number of hydrogen-bond acceptors (Lipinski definition) is 5. The van der Waals surface area contributed by atoms with Gasteiger partial charge in [0.15, 0.2) is 0 Å². The van der Waals surface area contributed by atoms with Gasteiger partial charge in [0.1, 0.15) is 0 Å². The monoisotopic (exact) mass is 187 g/mol. The molecule has 0 amide bonds. The van der Waals surface area contributed by atoms with Crippen LogP contribution in [-0.4, -0.2) is 16.4 Å². The summed E-state index contributed by atoms with van der Waals surface area (Å²) >= 11 is 0. The number of carbonyl (C=O) groups is 1. The normalized spacial score (nSPS) is 5.33. The Bertz CT molecular complexity index is 71.1. The largest absolute Gasteiger partial charge is 2.00 e. The Balaban J connectivity index is -0.0000000720. The van der Waals surface area contributed by atoms with Crippen molar-refractivity contribution < 1.29 is 44.8 Å². The second kappa shape index (κ2) is 10.2. The first-order chi connectivity index (χ1) is 3.46. The third-order valence-electron chi connectivity index (χ3n) is 0. The van der Waals surface area contributed by atoms with E-state index in [1.807, 2.05) is 0 Å². The minimum atomic E-state index is -2.33. The van der Waals surface area contributed by atoms with E-state index in [1.165, 1.54) is 0 Å². The summed E-state index contributed by atoms with van der Waals surface area (Å²) in [6, 6.07) is 0. The van der Waals surface area contributed by atoms with Gasteiger partial charge in [-0.25, -0.2) is 0 Å². The molecule has 0 saturated carbocycles. The predicted molar refractivity (Wildman–Crippen MR) is 14.2 cm³/mol. The summed E-state index contributed by atoms with van der Waals surface area (Å²) in [6.07, 6.45) is -2.33. The molecule has 48 valence electrons. The standard InChI is InChI=1S/CH2O3.HNO3.Zn/c2*2-1(3)4;/h(H2,2,3,4);(H,2,3,4);/q;;+2/p-2. The fourth-order valence-electron chi connectivity index (χ4n) is 0. The molecule has 1 N–H and O–H groups in total. The summed E-state index contributed by atoms with van der Waals surface area (Å²) in [4.78, 5) is 16.7. The Morgan fingerprint density at radius 3 is 1.44 bits per heavy atom. The molecule has 0 aliphatic carbocycles. The van der Waals surface area contributed by atoms with Gasteiger partial charge in [-0.05, 0) is 6.16 Å². The van der Waals surface area contributed by atoms with Crippen molar-refractivity contribution in [1.82, 2.24) is 0 Å². The molecule has 0 spiro atoms. The van der Waals surface area contributed by atoms with E-state index in [1.54, 1.807) is 0 Å². The molecule has 0 heterocycles. The molecule has 8 heteroatoms. The first-order valence-corrected chi connectivity index (χ1v) is 1.18. The first kappa shape index (κ1) is 15.7. The summed E-state index contributed by atoms with van der Waals surface area (Å²) in [6.45, 7) is 0. The van der Waals surface area contributed by atoms with Crippen LogP contribution < -0.4 is 10.2 Å². The molecule has 0 aromatic heterocycles. The van der Waals surface area contributed by atoms with Crippen LogP contribution in [0.2, 0.25) is 0 Å². The van der Waals surface area contributed by atoms with Crippen molar-refractivity contribution in [3.05, 3.63) is 10.1 Å². The maximum absolute atomic E-state index is 8.36. The van der Waals surface area contributed by atoms with Gasteiger partial charge in [-0.15, -0.1) is 10.1 Å². The zero-order valence-electron chi connectivity index (χ0n) is 4.14. The Morgan fingerprint density at radius 2 is 1.44 bits per heavy atom. The summed E-state index contributed by atoms with van der Waals surface area (Å²) in [5.41, 5.74) is 0. The van der Waals surface area contributed by atoms with Crippen LogP contribution in [0.4, 0.5) is 4.79 Å². The van der Waals surface area contributed by atoms with Crippen LogP contribution >= 0.6 is 0 Å². The molecular formula is CHNO6Zn. The number of nitrogens with zero attached hydrogens (tertiary/aromatic N) is 1.